The van der Waals surface area contributed by atoms with Crippen LogP contribution in [0.5, 0.6) is 0 Å². The number of aromatic nitrogens is 2. The lowest BCUT2D eigenvalue weighted by molar-refractivity contribution is 0.192. The summed E-state index contributed by atoms with van der Waals surface area (Å²) in [6, 6.07) is 2.60. The monoisotopic (exact) mass is 240 g/mol. The number of rotatable bonds is 3. The summed E-state index contributed by atoms with van der Waals surface area (Å²) in [5.41, 5.74) is 1.00. The Hall–Kier alpha value is -0.710. The summed E-state index contributed by atoms with van der Waals surface area (Å²) in [5.74, 6) is 0. The molecule has 1 aromatic rings. The fourth-order valence-electron chi connectivity index (χ4n) is 2.07. The lowest BCUT2D eigenvalue weighted by atomic mass is 10.1. The Bertz CT molecular complexity index is 337. The van der Waals surface area contributed by atoms with E-state index in [9.17, 15) is 0 Å². The summed E-state index contributed by atoms with van der Waals surface area (Å²) in [6.07, 6.45) is 4.12. The van der Waals surface area contributed by atoms with Crippen molar-refractivity contribution < 1.29 is 0 Å². The third-order valence-electron chi connectivity index (χ3n) is 3.07. The van der Waals surface area contributed by atoms with Crippen LogP contribution in [0.1, 0.15) is 18.5 Å². The van der Waals surface area contributed by atoms with Gasteiger partial charge in [-0.3, -0.25) is 4.90 Å². The van der Waals surface area contributed by atoms with Gasteiger partial charge in [0.05, 0.1) is 5.69 Å². The predicted octanol–water partition coefficient (Wildman–Crippen LogP) is 1.31. The van der Waals surface area contributed by atoms with Crippen LogP contribution >= 0.6 is 11.6 Å². The van der Waals surface area contributed by atoms with Gasteiger partial charge in [0.2, 0.25) is 5.28 Å². The third kappa shape index (κ3) is 3.14. The zero-order valence-electron chi connectivity index (χ0n) is 9.49. The van der Waals surface area contributed by atoms with E-state index in [1.807, 2.05) is 13.1 Å². The molecule has 0 amide bonds. The molecular formula is C11H17ClN4. The molecule has 2 rings (SSSR count). The maximum absolute atomic E-state index is 5.76. The minimum absolute atomic E-state index is 0.336. The van der Waals surface area contributed by atoms with Gasteiger partial charge in [-0.1, -0.05) is 0 Å². The van der Waals surface area contributed by atoms with E-state index in [4.69, 9.17) is 11.6 Å². The lowest BCUT2D eigenvalue weighted by Gasteiger charge is -2.31. The van der Waals surface area contributed by atoms with Gasteiger partial charge in [-0.15, -0.1) is 0 Å². The number of halogens is 1. The van der Waals surface area contributed by atoms with E-state index in [0.29, 0.717) is 11.3 Å². The molecule has 1 aliphatic rings. The highest BCUT2D eigenvalue weighted by atomic mass is 35.5. The van der Waals surface area contributed by atoms with Crippen LogP contribution in [-0.2, 0) is 6.54 Å². The number of hydrogen-bond acceptors (Lipinski definition) is 4. The number of hydrogen-bond donors (Lipinski definition) is 1. The minimum Gasteiger partial charge on any atom is -0.317 e. The second kappa shape index (κ2) is 5.57. The second-order valence-corrected chi connectivity index (χ2v) is 4.49. The molecule has 0 saturated carbocycles. The Labute approximate surface area is 101 Å². The van der Waals surface area contributed by atoms with Gasteiger partial charge >= 0.3 is 0 Å². The molecule has 1 saturated heterocycles. The number of piperidine rings is 1. The summed E-state index contributed by atoms with van der Waals surface area (Å²) in [5, 5.41) is 3.66. The maximum atomic E-state index is 5.76. The van der Waals surface area contributed by atoms with Crippen molar-refractivity contribution >= 4 is 11.6 Å². The fraction of sp³-hybridized carbons (Fsp3) is 0.636. The Kier molecular flexibility index (Phi) is 4.09. The average molecular weight is 241 g/mol. The van der Waals surface area contributed by atoms with Gasteiger partial charge in [0.15, 0.2) is 0 Å². The first-order valence-electron chi connectivity index (χ1n) is 5.65. The first-order valence-corrected chi connectivity index (χ1v) is 6.03. The van der Waals surface area contributed by atoms with Gasteiger partial charge in [-0.25, -0.2) is 9.97 Å². The number of nitrogens with one attached hydrogen (secondary N) is 1. The quantitative estimate of drug-likeness (QED) is 0.809. The zero-order chi connectivity index (χ0) is 11.4. The molecule has 0 radical (unpaired) electrons. The molecule has 1 aromatic heterocycles. The SMILES string of the molecule is CNC1CCN(Cc2ccnc(Cl)n2)CC1. The van der Waals surface area contributed by atoms with Gasteiger partial charge in [-0.05, 0) is 37.6 Å². The fourth-order valence-corrected chi connectivity index (χ4v) is 2.23. The molecular weight excluding hydrogens is 224 g/mol. The van der Waals surface area contributed by atoms with Gasteiger partial charge in [-0.2, -0.15) is 0 Å². The lowest BCUT2D eigenvalue weighted by Crippen LogP contribution is -2.40. The molecule has 5 heteroatoms. The molecule has 0 unspecified atom stereocenters. The highest BCUT2D eigenvalue weighted by Gasteiger charge is 2.17. The Morgan fingerprint density at radius 3 is 2.88 bits per heavy atom. The third-order valence-corrected chi connectivity index (χ3v) is 3.25. The average Bonchev–Trinajstić information content (AvgIpc) is 2.30. The molecule has 16 heavy (non-hydrogen) atoms. The van der Waals surface area contributed by atoms with Crippen molar-refractivity contribution in [1.29, 1.82) is 0 Å². The maximum Gasteiger partial charge on any atom is 0.222 e. The predicted molar refractivity (Wildman–Crippen MR) is 64.4 cm³/mol. The van der Waals surface area contributed by atoms with E-state index < -0.39 is 0 Å². The first-order chi connectivity index (χ1) is 7.78. The van der Waals surface area contributed by atoms with Gasteiger partial charge in [0, 0.05) is 31.9 Å². The summed E-state index contributed by atoms with van der Waals surface area (Å²) < 4.78 is 0. The van der Waals surface area contributed by atoms with E-state index in [2.05, 4.69) is 20.2 Å². The van der Waals surface area contributed by atoms with E-state index in [0.717, 1.165) is 25.3 Å². The molecule has 0 aromatic carbocycles. The smallest absolute Gasteiger partial charge is 0.222 e. The molecule has 4 nitrogen and oxygen atoms in total. The Balaban J connectivity index is 1.87. The molecule has 0 atom stereocenters. The Morgan fingerprint density at radius 2 is 2.25 bits per heavy atom. The first kappa shape index (κ1) is 11.8. The van der Waals surface area contributed by atoms with Crippen molar-refractivity contribution in [2.45, 2.75) is 25.4 Å². The van der Waals surface area contributed by atoms with Crippen molar-refractivity contribution in [1.82, 2.24) is 20.2 Å². The van der Waals surface area contributed by atoms with E-state index in [1.54, 1.807) is 6.20 Å². The molecule has 0 spiro atoms. The van der Waals surface area contributed by atoms with Crippen LogP contribution in [0.4, 0.5) is 0 Å². The standard InChI is InChI=1S/C11H17ClN4/c1-13-9-3-6-16(7-4-9)8-10-2-5-14-11(12)15-10/h2,5,9,13H,3-4,6-8H2,1H3. The van der Waals surface area contributed by atoms with Crippen LogP contribution in [0, 0.1) is 0 Å². The van der Waals surface area contributed by atoms with E-state index in [1.165, 1.54) is 12.8 Å². The Morgan fingerprint density at radius 1 is 1.50 bits per heavy atom. The zero-order valence-corrected chi connectivity index (χ0v) is 10.2. The molecule has 88 valence electrons. The van der Waals surface area contributed by atoms with Crippen molar-refractivity contribution in [3.8, 4) is 0 Å². The largest absolute Gasteiger partial charge is 0.317 e. The van der Waals surface area contributed by atoms with Gasteiger partial charge < -0.3 is 5.32 Å². The summed E-state index contributed by atoms with van der Waals surface area (Å²) in [7, 11) is 2.03. The molecule has 0 aliphatic carbocycles. The topological polar surface area (TPSA) is 41.0 Å². The molecule has 2 heterocycles. The molecule has 1 fully saturated rings. The highest BCUT2D eigenvalue weighted by Crippen LogP contribution is 2.13. The van der Waals surface area contributed by atoms with Crippen LogP contribution in [0.25, 0.3) is 0 Å². The van der Waals surface area contributed by atoms with Crippen LogP contribution < -0.4 is 5.32 Å². The van der Waals surface area contributed by atoms with E-state index in [-0.39, 0.29) is 0 Å². The summed E-state index contributed by atoms with van der Waals surface area (Å²) >= 11 is 5.76. The van der Waals surface area contributed by atoms with Gasteiger partial charge in [0.25, 0.3) is 0 Å². The van der Waals surface area contributed by atoms with Crippen molar-refractivity contribution in [3.63, 3.8) is 0 Å². The second-order valence-electron chi connectivity index (χ2n) is 4.16. The number of nitrogens with zero attached hydrogens (tertiary/aromatic N) is 3. The normalized spacial score (nSPS) is 18.9. The van der Waals surface area contributed by atoms with Gasteiger partial charge in [0.1, 0.15) is 0 Å². The highest BCUT2D eigenvalue weighted by molar-refractivity contribution is 6.28. The molecule has 1 N–H and O–H groups in total. The summed E-state index contributed by atoms with van der Waals surface area (Å²) in [4.78, 5) is 10.5. The van der Waals surface area contributed by atoms with Crippen molar-refractivity contribution in [3.05, 3.63) is 23.2 Å². The van der Waals surface area contributed by atoms with Crippen LogP contribution in [0.15, 0.2) is 12.3 Å². The minimum atomic E-state index is 0.336. The van der Waals surface area contributed by atoms with Crippen molar-refractivity contribution in [2.24, 2.45) is 0 Å². The van der Waals surface area contributed by atoms with Crippen molar-refractivity contribution in [2.75, 3.05) is 20.1 Å². The molecule has 0 bridgehead atoms. The van der Waals surface area contributed by atoms with Crippen LogP contribution in [-0.4, -0.2) is 41.0 Å². The molecule has 1 aliphatic heterocycles. The summed E-state index contributed by atoms with van der Waals surface area (Å²) in [6.45, 7) is 3.11. The number of likely N-dealkylation sites (tertiary alicyclic amines) is 1. The van der Waals surface area contributed by atoms with Crippen LogP contribution in [0.2, 0.25) is 5.28 Å². The van der Waals surface area contributed by atoms with E-state index >= 15 is 0 Å². The van der Waals surface area contributed by atoms with Crippen LogP contribution in [0.3, 0.4) is 0 Å².